The predicted octanol–water partition coefficient (Wildman–Crippen LogP) is 3.84. The molecule has 2 heterocycles. The summed E-state index contributed by atoms with van der Waals surface area (Å²) in [6, 6.07) is 18.1. The average molecular weight is 403 g/mol. The van der Waals surface area contributed by atoms with Gasteiger partial charge < -0.3 is 19.6 Å². The molecule has 2 N–H and O–H groups in total. The number of para-hydroxylation sites is 2. The lowest BCUT2D eigenvalue weighted by Gasteiger charge is -2.11. The first kappa shape index (κ1) is 19.7. The SMILES string of the molecule is CCNC(=NCc1coc(-c2ccccc2)n1)NCCCn1cnc2ccccc21. The molecule has 7 nitrogen and oxygen atoms in total. The quantitative estimate of drug-likeness (QED) is 0.266. The number of benzene rings is 2. The minimum Gasteiger partial charge on any atom is -0.444 e. The van der Waals surface area contributed by atoms with Crippen LogP contribution in [0.15, 0.2) is 76.6 Å². The van der Waals surface area contributed by atoms with Crippen molar-refractivity contribution in [1.82, 2.24) is 25.2 Å². The van der Waals surface area contributed by atoms with E-state index in [-0.39, 0.29) is 0 Å². The van der Waals surface area contributed by atoms with Crippen molar-refractivity contribution < 1.29 is 4.42 Å². The lowest BCUT2D eigenvalue weighted by atomic mass is 10.2. The monoisotopic (exact) mass is 402 g/mol. The van der Waals surface area contributed by atoms with Crippen LogP contribution in [0, 0.1) is 0 Å². The first-order valence-corrected chi connectivity index (χ1v) is 10.3. The van der Waals surface area contributed by atoms with E-state index in [0.29, 0.717) is 12.4 Å². The summed E-state index contributed by atoms with van der Waals surface area (Å²) in [7, 11) is 0. The van der Waals surface area contributed by atoms with E-state index in [1.54, 1.807) is 6.26 Å². The van der Waals surface area contributed by atoms with E-state index < -0.39 is 0 Å². The van der Waals surface area contributed by atoms with E-state index in [0.717, 1.165) is 48.8 Å². The van der Waals surface area contributed by atoms with Crippen molar-refractivity contribution >= 4 is 17.0 Å². The Balaban J connectivity index is 1.30. The van der Waals surface area contributed by atoms with Gasteiger partial charge in [-0.1, -0.05) is 30.3 Å². The molecule has 7 heteroatoms. The molecule has 0 saturated heterocycles. The molecule has 0 fully saturated rings. The van der Waals surface area contributed by atoms with Gasteiger partial charge in [-0.25, -0.2) is 15.0 Å². The molecule has 154 valence electrons. The van der Waals surface area contributed by atoms with Gasteiger partial charge in [0.05, 0.1) is 23.9 Å². The topological polar surface area (TPSA) is 80.3 Å². The lowest BCUT2D eigenvalue weighted by Crippen LogP contribution is -2.38. The fraction of sp³-hybridized carbons (Fsp3) is 0.261. The van der Waals surface area contributed by atoms with Crippen LogP contribution in [0.5, 0.6) is 0 Å². The van der Waals surface area contributed by atoms with Crippen LogP contribution in [0.4, 0.5) is 0 Å². The van der Waals surface area contributed by atoms with Crippen molar-refractivity contribution in [3.63, 3.8) is 0 Å². The highest BCUT2D eigenvalue weighted by Crippen LogP contribution is 2.18. The average Bonchev–Trinajstić information content (AvgIpc) is 3.43. The molecular formula is C23H26N6O. The number of imidazole rings is 1. The third-order valence-electron chi connectivity index (χ3n) is 4.71. The Kier molecular flexibility index (Phi) is 6.39. The number of nitrogens with one attached hydrogen (secondary N) is 2. The van der Waals surface area contributed by atoms with Crippen LogP contribution in [0.1, 0.15) is 19.0 Å². The molecular weight excluding hydrogens is 376 g/mol. The molecule has 4 aromatic rings. The number of guanidine groups is 1. The number of hydrogen-bond donors (Lipinski definition) is 2. The van der Waals surface area contributed by atoms with E-state index in [1.165, 1.54) is 5.52 Å². The smallest absolute Gasteiger partial charge is 0.226 e. The summed E-state index contributed by atoms with van der Waals surface area (Å²) < 4.78 is 7.77. The second-order valence-corrected chi connectivity index (χ2v) is 6.91. The molecule has 0 radical (unpaired) electrons. The molecule has 0 saturated carbocycles. The summed E-state index contributed by atoms with van der Waals surface area (Å²) in [5, 5.41) is 6.66. The van der Waals surface area contributed by atoms with Gasteiger partial charge in [0.25, 0.3) is 0 Å². The van der Waals surface area contributed by atoms with Crippen molar-refractivity contribution in [3.05, 3.63) is 72.9 Å². The first-order chi connectivity index (χ1) is 14.8. The van der Waals surface area contributed by atoms with Crippen LogP contribution in [-0.2, 0) is 13.1 Å². The Morgan fingerprint density at radius 1 is 1.07 bits per heavy atom. The Morgan fingerprint density at radius 3 is 2.77 bits per heavy atom. The summed E-state index contributed by atoms with van der Waals surface area (Å²) in [6.45, 7) is 5.02. The van der Waals surface area contributed by atoms with E-state index in [1.807, 2.05) is 54.9 Å². The van der Waals surface area contributed by atoms with Crippen molar-refractivity contribution in [3.8, 4) is 11.5 Å². The normalized spacial score (nSPS) is 11.7. The molecule has 0 amide bonds. The third kappa shape index (κ3) is 4.86. The van der Waals surface area contributed by atoms with E-state index in [4.69, 9.17) is 4.42 Å². The summed E-state index contributed by atoms with van der Waals surface area (Å²) in [5.41, 5.74) is 3.96. The van der Waals surface area contributed by atoms with Gasteiger partial charge >= 0.3 is 0 Å². The van der Waals surface area contributed by atoms with Crippen LogP contribution < -0.4 is 10.6 Å². The number of aryl methyl sites for hydroxylation is 1. The second-order valence-electron chi connectivity index (χ2n) is 6.91. The highest BCUT2D eigenvalue weighted by Gasteiger charge is 2.06. The molecule has 0 unspecified atom stereocenters. The highest BCUT2D eigenvalue weighted by molar-refractivity contribution is 5.79. The molecule has 30 heavy (non-hydrogen) atoms. The molecule has 0 aliphatic heterocycles. The molecule has 0 aliphatic carbocycles. The van der Waals surface area contributed by atoms with Gasteiger partial charge in [0.15, 0.2) is 5.96 Å². The number of rotatable bonds is 8. The van der Waals surface area contributed by atoms with Crippen LogP contribution in [0.3, 0.4) is 0 Å². The Bertz CT molecular complexity index is 1100. The van der Waals surface area contributed by atoms with Gasteiger partial charge in [0.2, 0.25) is 5.89 Å². The number of aromatic nitrogens is 3. The largest absolute Gasteiger partial charge is 0.444 e. The van der Waals surface area contributed by atoms with Crippen LogP contribution in [0.2, 0.25) is 0 Å². The highest BCUT2D eigenvalue weighted by atomic mass is 16.3. The van der Waals surface area contributed by atoms with Gasteiger partial charge in [-0.3, -0.25) is 0 Å². The van der Waals surface area contributed by atoms with Gasteiger partial charge in [-0.2, -0.15) is 0 Å². The van der Waals surface area contributed by atoms with Crippen molar-refractivity contribution in [2.75, 3.05) is 13.1 Å². The molecule has 0 aliphatic rings. The molecule has 2 aromatic heterocycles. The van der Waals surface area contributed by atoms with Gasteiger partial charge in [0, 0.05) is 25.2 Å². The third-order valence-corrected chi connectivity index (χ3v) is 4.71. The van der Waals surface area contributed by atoms with E-state index in [9.17, 15) is 0 Å². The zero-order valence-electron chi connectivity index (χ0n) is 17.1. The summed E-state index contributed by atoms with van der Waals surface area (Å²) in [5.74, 6) is 1.39. The van der Waals surface area contributed by atoms with Gasteiger partial charge in [-0.05, 0) is 37.6 Å². The van der Waals surface area contributed by atoms with Crippen LogP contribution >= 0.6 is 0 Å². The van der Waals surface area contributed by atoms with Crippen molar-refractivity contribution in [2.45, 2.75) is 26.4 Å². The summed E-state index contributed by atoms with van der Waals surface area (Å²) in [4.78, 5) is 13.6. The number of fused-ring (bicyclic) bond motifs is 1. The van der Waals surface area contributed by atoms with E-state index >= 15 is 0 Å². The summed E-state index contributed by atoms with van der Waals surface area (Å²) in [6.07, 6.45) is 4.53. The zero-order valence-corrected chi connectivity index (χ0v) is 17.1. The predicted molar refractivity (Wildman–Crippen MR) is 119 cm³/mol. The van der Waals surface area contributed by atoms with Gasteiger partial charge in [0.1, 0.15) is 12.0 Å². The van der Waals surface area contributed by atoms with Crippen LogP contribution in [0.25, 0.3) is 22.5 Å². The Morgan fingerprint density at radius 2 is 1.90 bits per heavy atom. The van der Waals surface area contributed by atoms with E-state index in [2.05, 4.69) is 43.2 Å². The molecule has 2 aromatic carbocycles. The standard InChI is InChI=1S/C23H26N6O/c1-2-24-23(25-13-8-14-29-17-27-20-11-6-7-12-21(20)29)26-15-19-16-30-22(28-19)18-9-4-3-5-10-18/h3-7,9-12,16-17H,2,8,13-15H2,1H3,(H2,24,25,26). The Labute approximate surface area is 175 Å². The molecule has 0 bridgehead atoms. The molecule has 0 spiro atoms. The van der Waals surface area contributed by atoms with Gasteiger partial charge in [-0.15, -0.1) is 0 Å². The zero-order chi connectivity index (χ0) is 20.6. The molecule has 0 atom stereocenters. The number of hydrogen-bond acceptors (Lipinski definition) is 4. The Hall–Kier alpha value is -3.61. The lowest BCUT2D eigenvalue weighted by molar-refractivity contribution is 0.572. The number of oxazole rings is 1. The number of aliphatic imine (C=N–C) groups is 1. The molecule has 4 rings (SSSR count). The summed E-state index contributed by atoms with van der Waals surface area (Å²) >= 11 is 0. The van der Waals surface area contributed by atoms with Crippen molar-refractivity contribution in [2.24, 2.45) is 4.99 Å². The van der Waals surface area contributed by atoms with Crippen molar-refractivity contribution in [1.29, 1.82) is 0 Å². The maximum absolute atomic E-state index is 5.59. The first-order valence-electron chi connectivity index (χ1n) is 10.3. The second kappa shape index (κ2) is 9.73. The fourth-order valence-electron chi connectivity index (χ4n) is 3.24. The van der Waals surface area contributed by atoms with Crippen LogP contribution in [-0.4, -0.2) is 33.6 Å². The fourth-order valence-corrected chi connectivity index (χ4v) is 3.24. The minimum absolute atomic E-state index is 0.456. The maximum atomic E-state index is 5.59. The maximum Gasteiger partial charge on any atom is 0.226 e. The minimum atomic E-state index is 0.456. The number of nitrogens with zero attached hydrogens (tertiary/aromatic N) is 4.